The Balaban J connectivity index is 2.56. The first-order valence-corrected chi connectivity index (χ1v) is 5.87. The van der Waals surface area contributed by atoms with Gasteiger partial charge >= 0.3 is 0 Å². The van der Waals surface area contributed by atoms with Crippen LogP contribution in [0.5, 0.6) is 0 Å². The second-order valence-corrected chi connectivity index (χ2v) is 4.26. The highest BCUT2D eigenvalue weighted by molar-refractivity contribution is 5.83. The van der Waals surface area contributed by atoms with Crippen LogP contribution in [0.1, 0.15) is 5.56 Å². The van der Waals surface area contributed by atoms with Crippen molar-refractivity contribution in [3.63, 3.8) is 0 Å². The Morgan fingerprint density at radius 1 is 1.50 bits per heavy atom. The maximum Gasteiger partial charge on any atom is 0.239 e. The zero-order valence-electron chi connectivity index (χ0n) is 11.2. The predicted molar refractivity (Wildman–Crippen MR) is 73.7 cm³/mol. The van der Waals surface area contributed by atoms with Gasteiger partial charge in [-0.15, -0.1) is 0 Å². The van der Waals surface area contributed by atoms with Gasteiger partial charge in [-0.2, -0.15) is 0 Å². The van der Waals surface area contributed by atoms with Gasteiger partial charge < -0.3 is 20.7 Å². The second-order valence-electron chi connectivity index (χ2n) is 4.26. The van der Waals surface area contributed by atoms with Gasteiger partial charge in [-0.25, -0.2) is 0 Å². The van der Waals surface area contributed by atoms with E-state index in [0.29, 0.717) is 18.8 Å². The van der Waals surface area contributed by atoms with Crippen molar-refractivity contribution in [3.8, 4) is 0 Å². The van der Waals surface area contributed by atoms with E-state index >= 15 is 0 Å². The number of anilines is 2. The molecule has 18 heavy (non-hydrogen) atoms. The third-order valence-corrected chi connectivity index (χ3v) is 2.61. The summed E-state index contributed by atoms with van der Waals surface area (Å²) in [6.07, 6.45) is 0. The lowest BCUT2D eigenvalue weighted by atomic mass is 10.2. The number of hydrogen-bond donors (Lipinski definition) is 2. The molecule has 1 aromatic rings. The molecule has 5 nitrogen and oxygen atoms in total. The van der Waals surface area contributed by atoms with Gasteiger partial charge in [-0.1, -0.05) is 6.07 Å². The first-order chi connectivity index (χ1) is 8.54. The zero-order valence-corrected chi connectivity index (χ0v) is 11.2. The summed E-state index contributed by atoms with van der Waals surface area (Å²) < 4.78 is 4.87. The second kappa shape index (κ2) is 6.86. The molecule has 0 saturated heterocycles. The summed E-state index contributed by atoms with van der Waals surface area (Å²) in [5.74, 6) is -0.0459. The number of likely N-dealkylation sites (N-methyl/N-ethyl adjacent to an activating group) is 1. The van der Waals surface area contributed by atoms with Crippen molar-refractivity contribution in [2.24, 2.45) is 0 Å². The Bertz CT molecular complexity index is 407. The summed E-state index contributed by atoms with van der Waals surface area (Å²) in [6, 6.07) is 5.77. The molecule has 0 fully saturated rings. The van der Waals surface area contributed by atoms with Crippen molar-refractivity contribution < 1.29 is 9.53 Å². The van der Waals surface area contributed by atoms with E-state index in [-0.39, 0.29) is 12.5 Å². The van der Waals surface area contributed by atoms with E-state index < -0.39 is 0 Å². The molecule has 0 atom stereocenters. The Labute approximate surface area is 108 Å². The predicted octanol–water partition coefficient (Wildman–Crippen LogP) is 0.776. The fourth-order valence-corrected chi connectivity index (χ4v) is 1.63. The van der Waals surface area contributed by atoms with Gasteiger partial charge in [0.15, 0.2) is 0 Å². The lowest BCUT2D eigenvalue weighted by molar-refractivity contribution is -0.119. The number of hydrogen-bond acceptors (Lipinski definition) is 4. The molecule has 0 unspecified atom stereocenters. The molecule has 1 amide bonds. The smallest absolute Gasteiger partial charge is 0.239 e. The minimum atomic E-state index is -0.0459. The number of nitrogen functional groups attached to an aromatic ring is 1. The summed E-state index contributed by atoms with van der Waals surface area (Å²) in [5, 5.41) is 2.77. The number of aryl methyl sites for hydroxylation is 1. The van der Waals surface area contributed by atoms with Crippen molar-refractivity contribution in [1.82, 2.24) is 5.32 Å². The molecule has 0 radical (unpaired) electrons. The Morgan fingerprint density at radius 2 is 2.22 bits per heavy atom. The first-order valence-electron chi connectivity index (χ1n) is 5.87. The van der Waals surface area contributed by atoms with Crippen LogP contribution in [0.3, 0.4) is 0 Å². The molecule has 0 aliphatic heterocycles. The van der Waals surface area contributed by atoms with Crippen LogP contribution in [0.2, 0.25) is 0 Å². The molecule has 3 N–H and O–H groups in total. The molecule has 0 aliphatic rings. The Kier molecular flexibility index (Phi) is 5.45. The fraction of sp³-hybridized carbons (Fsp3) is 0.462. The SMILES string of the molecule is COCCNC(=O)CN(C)c1cc(C)ccc1N. The van der Waals surface area contributed by atoms with Crippen molar-refractivity contribution in [3.05, 3.63) is 23.8 Å². The van der Waals surface area contributed by atoms with Crippen LogP contribution in [0.4, 0.5) is 11.4 Å². The van der Waals surface area contributed by atoms with Gasteiger partial charge in [-0.3, -0.25) is 4.79 Å². The molecule has 0 bridgehead atoms. The van der Waals surface area contributed by atoms with E-state index in [9.17, 15) is 4.79 Å². The van der Waals surface area contributed by atoms with Gasteiger partial charge in [0, 0.05) is 20.7 Å². The molecule has 5 heteroatoms. The number of benzene rings is 1. The van der Waals surface area contributed by atoms with Gasteiger partial charge in [-0.05, 0) is 24.6 Å². The van der Waals surface area contributed by atoms with Gasteiger partial charge in [0.2, 0.25) is 5.91 Å². The molecule has 0 heterocycles. The van der Waals surface area contributed by atoms with Crippen molar-refractivity contribution in [2.45, 2.75) is 6.92 Å². The van der Waals surface area contributed by atoms with Crippen LogP contribution in [0, 0.1) is 6.92 Å². The fourth-order valence-electron chi connectivity index (χ4n) is 1.63. The number of nitrogens with zero attached hydrogens (tertiary/aromatic N) is 1. The van der Waals surface area contributed by atoms with Crippen LogP contribution in [0.15, 0.2) is 18.2 Å². The van der Waals surface area contributed by atoms with Crippen LogP contribution < -0.4 is 16.0 Å². The molecule has 0 spiro atoms. The van der Waals surface area contributed by atoms with Gasteiger partial charge in [0.25, 0.3) is 0 Å². The van der Waals surface area contributed by atoms with E-state index in [0.717, 1.165) is 11.3 Å². The monoisotopic (exact) mass is 251 g/mol. The molecule has 1 rings (SSSR count). The standard InChI is InChI=1S/C13H21N3O2/c1-10-4-5-11(14)12(8-10)16(2)9-13(17)15-6-7-18-3/h4-5,8H,6-7,9,14H2,1-3H3,(H,15,17). The molecule has 0 saturated carbocycles. The number of nitrogens with one attached hydrogen (secondary N) is 1. The van der Waals surface area contributed by atoms with E-state index in [2.05, 4.69) is 5.32 Å². The Hall–Kier alpha value is -1.75. The lowest BCUT2D eigenvalue weighted by Gasteiger charge is -2.21. The van der Waals surface area contributed by atoms with Crippen molar-refractivity contribution in [1.29, 1.82) is 0 Å². The molecular formula is C13H21N3O2. The van der Waals surface area contributed by atoms with Crippen molar-refractivity contribution in [2.75, 3.05) is 44.5 Å². The van der Waals surface area contributed by atoms with E-state index in [1.54, 1.807) is 7.11 Å². The van der Waals surface area contributed by atoms with E-state index in [1.165, 1.54) is 0 Å². The Morgan fingerprint density at radius 3 is 2.89 bits per heavy atom. The maximum atomic E-state index is 11.6. The molecule has 1 aromatic carbocycles. The van der Waals surface area contributed by atoms with Crippen LogP contribution in [-0.2, 0) is 9.53 Å². The number of ether oxygens (including phenoxy) is 1. The van der Waals surface area contributed by atoms with Gasteiger partial charge in [0.05, 0.1) is 24.5 Å². The third kappa shape index (κ3) is 4.25. The largest absolute Gasteiger partial charge is 0.397 e. The first kappa shape index (κ1) is 14.3. The number of methoxy groups -OCH3 is 1. The average Bonchev–Trinajstić information content (AvgIpc) is 2.32. The highest BCUT2D eigenvalue weighted by atomic mass is 16.5. The summed E-state index contributed by atoms with van der Waals surface area (Å²) >= 11 is 0. The lowest BCUT2D eigenvalue weighted by Crippen LogP contribution is -2.36. The molecule has 0 aliphatic carbocycles. The summed E-state index contributed by atoms with van der Waals surface area (Å²) in [6.45, 7) is 3.31. The van der Waals surface area contributed by atoms with Crippen LogP contribution >= 0.6 is 0 Å². The molecule has 100 valence electrons. The average molecular weight is 251 g/mol. The number of amides is 1. The summed E-state index contributed by atoms with van der Waals surface area (Å²) in [7, 11) is 3.45. The number of nitrogens with two attached hydrogens (primary N) is 1. The number of rotatable bonds is 6. The normalized spacial score (nSPS) is 10.2. The zero-order chi connectivity index (χ0) is 13.5. The van der Waals surface area contributed by atoms with Crippen LogP contribution in [-0.4, -0.2) is 39.8 Å². The third-order valence-electron chi connectivity index (χ3n) is 2.61. The minimum absolute atomic E-state index is 0.0459. The number of carbonyl (C=O) groups excluding carboxylic acids is 1. The van der Waals surface area contributed by atoms with Gasteiger partial charge in [0.1, 0.15) is 0 Å². The maximum absolute atomic E-state index is 11.6. The minimum Gasteiger partial charge on any atom is -0.397 e. The van der Waals surface area contributed by atoms with E-state index in [4.69, 9.17) is 10.5 Å². The topological polar surface area (TPSA) is 67.6 Å². The molecular weight excluding hydrogens is 230 g/mol. The summed E-state index contributed by atoms with van der Waals surface area (Å²) in [4.78, 5) is 13.5. The highest BCUT2D eigenvalue weighted by Gasteiger charge is 2.09. The number of carbonyl (C=O) groups is 1. The van der Waals surface area contributed by atoms with Crippen LogP contribution in [0.25, 0.3) is 0 Å². The highest BCUT2D eigenvalue weighted by Crippen LogP contribution is 2.22. The van der Waals surface area contributed by atoms with Crippen molar-refractivity contribution >= 4 is 17.3 Å². The van der Waals surface area contributed by atoms with E-state index in [1.807, 2.05) is 37.1 Å². The summed E-state index contributed by atoms with van der Waals surface area (Å²) in [5.41, 5.74) is 8.56. The quantitative estimate of drug-likeness (QED) is 0.579. The molecule has 0 aromatic heterocycles.